The summed E-state index contributed by atoms with van der Waals surface area (Å²) < 4.78 is 4.64. The molecule has 4 nitrogen and oxygen atoms in total. The predicted molar refractivity (Wildman–Crippen MR) is 77.0 cm³/mol. The van der Waals surface area contributed by atoms with Crippen LogP contribution in [0.4, 0.5) is 0 Å². The third-order valence-electron chi connectivity index (χ3n) is 2.69. The van der Waals surface area contributed by atoms with E-state index < -0.39 is 5.97 Å². The first kappa shape index (κ1) is 20.3. The van der Waals surface area contributed by atoms with Gasteiger partial charge < -0.3 is 9.84 Å². The summed E-state index contributed by atoms with van der Waals surface area (Å²) in [5.41, 5.74) is 0. The summed E-state index contributed by atoms with van der Waals surface area (Å²) in [6.45, 7) is 10.4. The monoisotopic (exact) mass is 274 g/mol. The molecule has 0 aliphatic heterocycles. The van der Waals surface area contributed by atoms with Crippen molar-refractivity contribution in [3.8, 4) is 0 Å². The fourth-order valence-electron chi connectivity index (χ4n) is 1.47. The summed E-state index contributed by atoms with van der Waals surface area (Å²) in [6.07, 6.45) is 4.02. The Morgan fingerprint density at radius 3 is 2.00 bits per heavy atom. The molecule has 0 aliphatic rings. The summed E-state index contributed by atoms with van der Waals surface area (Å²) in [6, 6.07) is 0. The third kappa shape index (κ3) is 14.9. The maximum atomic E-state index is 10.5. The molecule has 0 fully saturated rings. The highest BCUT2D eigenvalue weighted by molar-refractivity contribution is 5.69. The quantitative estimate of drug-likeness (QED) is 0.682. The van der Waals surface area contributed by atoms with Gasteiger partial charge in [0.2, 0.25) is 0 Å². The van der Waals surface area contributed by atoms with Crippen molar-refractivity contribution in [1.29, 1.82) is 0 Å². The van der Waals surface area contributed by atoms with Gasteiger partial charge in [0.15, 0.2) is 0 Å². The fraction of sp³-hybridized carbons (Fsp3) is 0.867. The molecule has 0 spiro atoms. The zero-order valence-corrected chi connectivity index (χ0v) is 13.1. The van der Waals surface area contributed by atoms with Crippen LogP contribution in [0.5, 0.6) is 0 Å². The molecular formula is C15H30O4. The lowest BCUT2D eigenvalue weighted by molar-refractivity contribution is -0.143. The molecule has 4 heteroatoms. The highest BCUT2D eigenvalue weighted by Crippen LogP contribution is 2.15. The highest BCUT2D eigenvalue weighted by atomic mass is 16.5. The minimum atomic E-state index is -0.645. The van der Waals surface area contributed by atoms with Crippen LogP contribution in [-0.2, 0) is 14.3 Å². The van der Waals surface area contributed by atoms with Gasteiger partial charge in [-0.3, -0.25) is 9.59 Å². The molecule has 19 heavy (non-hydrogen) atoms. The van der Waals surface area contributed by atoms with E-state index >= 15 is 0 Å². The molecule has 0 rings (SSSR count). The Bertz CT molecular complexity index is 228. The second-order valence-electron chi connectivity index (χ2n) is 4.97. The Hall–Kier alpha value is -1.06. The summed E-state index contributed by atoms with van der Waals surface area (Å²) in [5.74, 6) is -0.246. The van der Waals surface area contributed by atoms with E-state index in [4.69, 9.17) is 5.11 Å². The van der Waals surface area contributed by atoms with Gasteiger partial charge in [0.1, 0.15) is 0 Å². The molecule has 1 N–H and O–H groups in total. The van der Waals surface area contributed by atoms with Gasteiger partial charge in [-0.2, -0.15) is 0 Å². The van der Waals surface area contributed by atoms with Gasteiger partial charge in [-0.15, -0.1) is 0 Å². The standard InChI is InChI=1S/C9H18O2.C6H12O2/c1-4-8(9(10)11)6-5-7(2)3;1-3-5-6(7)8-4-2/h7-8H,4-6H2,1-3H3,(H,10,11);3-5H2,1-2H3. The van der Waals surface area contributed by atoms with Crippen LogP contribution in [-0.4, -0.2) is 23.7 Å². The van der Waals surface area contributed by atoms with Crippen LogP contribution in [0.15, 0.2) is 0 Å². The average Bonchev–Trinajstić information content (AvgIpc) is 2.30. The van der Waals surface area contributed by atoms with Crippen LogP contribution >= 0.6 is 0 Å². The number of carbonyl (C=O) groups excluding carboxylic acids is 1. The minimum absolute atomic E-state index is 0.0880. The van der Waals surface area contributed by atoms with Crippen molar-refractivity contribution in [3.05, 3.63) is 0 Å². The van der Waals surface area contributed by atoms with E-state index in [1.54, 1.807) is 0 Å². The Kier molecular flexibility index (Phi) is 14.3. The van der Waals surface area contributed by atoms with Gasteiger partial charge in [0.25, 0.3) is 0 Å². The number of carbonyl (C=O) groups is 2. The fourth-order valence-corrected chi connectivity index (χ4v) is 1.47. The van der Waals surface area contributed by atoms with Crippen LogP contribution in [0.3, 0.4) is 0 Å². The molecule has 0 radical (unpaired) electrons. The third-order valence-corrected chi connectivity index (χ3v) is 2.69. The molecular weight excluding hydrogens is 244 g/mol. The number of carboxylic acids is 1. The van der Waals surface area contributed by atoms with Gasteiger partial charge in [-0.05, 0) is 32.1 Å². The van der Waals surface area contributed by atoms with Crippen LogP contribution in [0.25, 0.3) is 0 Å². The molecule has 0 amide bonds. The zero-order chi connectivity index (χ0) is 15.3. The van der Waals surface area contributed by atoms with Crippen LogP contribution in [0, 0.1) is 11.8 Å². The Balaban J connectivity index is 0. The van der Waals surface area contributed by atoms with Gasteiger partial charge in [0.05, 0.1) is 12.5 Å². The molecule has 0 aliphatic carbocycles. The lowest BCUT2D eigenvalue weighted by Gasteiger charge is -2.10. The number of esters is 1. The molecule has 1 unspecified atom stereocenters. The summed E-state index contributed by atoms with van der Waals surface area (Å²) in [4.78, 5) is 21.0. The number of hydrogen-bond donors (Lipinski definition) is 1. The van der Waals surface area contributed by atoms with Crippen molar-refractivity contribution in [2.45, 2.75) is 66.7 Å². The first-order chi connectivity index (χ1) is 8.88. The lowest BCUT2D eigenvalue weighted by Crippen LogP contribution is -2.13. The van der Waals surface area contributed by atoms with E-state index in [0.29, 0.717) is 18.9 Å². The second-order valence-corrected chi connectivity index (χ2v) is 4.97. The first-order valence-corrected chi connectivity index (χ1v) is 7.27. The van der Waals surface area contributed by atoms with E-state index in [1.807, 2.05) is 20.8 Å². The Labute approximate surface area is 117 Å². The van der Waals surface area contributed by atoms with Crippen molar-refractivity contribution in [2.75, 3.05) is 6.61 Å². The molecule has 0 aromatic heterocycles. The highest BCUT2D eigenvalue weighted by Gasteiger charge is 2.14. The number of hydrogen-bond acceptors (Lipinski definition) is 3. The van der Waals surface area contributed by atoms with E-state index in [0.717, 1.165) is 25.7 Å². The summed E-state index contributed by atoms with van der Waals surface area (Å²) >= 11 is 0. The molecule has 0 aromatic carbocycles. The molecule has 0 saturated heterocycles. The average molecular weight is 274 g/mol. The zero-order valence-electron chi connectivity index (χ0n) is 13.1. The molecule has 114 valence electrons. The van der Waals surface area contributed by atoms with Crippen LogP contribution < -0.4 is 0 Å². The van der Waals surface area contributed by atoms with E-state index in [9.17, 15) is 9.59 Å². The van der Waals surface area contributed by atoms with E-state index in [-0.39, 0.29) is 11.9 Å². The number of carboxylic acid groups (broad SMARTS) is 1. The lowest BCUT2D eigenvalue weighted by atomic mass is 9.96. The minimum Gasteiger partial charge on any atom is -0.481 e. The van der Waals surface area contributed by atoms with Crippen LogP contribution in [0.2, 0.25) is 0 Å². The molecule has 0 saturated carbocycles. The van der Waals surface area contributed by atoms with Crippen molar-refractivity contribution in [2.24, 2.45) is 11.8 Å². The van der Waals surface area contributed by atoms with Crippen molar-refractivity contribution >= 4 is 11.9 Å². The van der Waals surface area contributed by atoms with E-state index in [2.05, 4.69) is 18.6 Å². The maximum Gasteiger partial charge on any atom is 0.306 e. The maximum absolute atomic E-state index is 10.5. The Morgan fingerprint density at radius 1 is 1.11 bits per heavy atom. The van der Waals surface area contributed by atoms with Crippen molar-refractivity contribution in [1.82, 2.24) is 0 Å². The van der Waals surface area contributed by atoms with Crippen LogP contribution in [0.1, 0.15) is 66.7 Å². The second kappa shape index (κ2) is 13.4. The normalized spacial score (nSPS) is 11.5. The van der Waals surface area contributed by atoms with Crippen molar-refractivity contribution in [3.63, 3.8) is 0 Å². The molecule has 1 atom stereocenters. The molecule has 0 heterocycles. The number of aliphatic carboxylic acids is 1. The van der Waals surface area contributed by atoms with Gasteiger partial charge >= 0.3 is 11.9 Å². The molecule has 0 bridgehead atoms. The number of rotatable bonds is 8. The van der Waals surface area contributed by atoms with E-state index in [1.165, 1.54) is 0 Å². The SMILES string of the molecule is CCC(CCC(C)C)C(=O)O.CCCC(=O)OCC. The first-order valence-electron chi connectivity index (χ1n) is 7.27. The Morgan fingerprint density at radius 2 is 1.68 bits per heavy atom. The van der Waals surface area contributed by atoms with Gasteiger partial charge in [0, 0.05) is 6.42 Å². The van der Waals surface area contributed by atoms with Gasteiger partial charge in [-0.25, -0.2) is 0 Å². The molecule has 0 aromatic rings. The van der Waals surface area contributed by atoms with Crippen molar-refractivity contribution < 1.29 is 19.4 Å². The smallest absolute Gasteiger partial charge is 0.306 e. The topological polar surface area (TPSA) is 63.6 Å². The summed E-state index contributed by atoms with van der Waals surface area (Å²) in [5, 5.41) is 8.69. The largest absolute Gasteiger partial charge is 0.481 e. The summed E-state index contributed by atoms with van der Waals surface area (Å²) in [7, 11) is 0. The number of ether oxygens (including phenoxy) is 1. The van der Waals surface area contributed by atoms with Gasteiger partial charge in [-0.1, -0.05) is 34.1 Å². The predicted octanol–water partition coefficient (Wildman–Crippen LogP) is 3.88.